The summed E-state index contributed by atoms with van der Waals surface area (Å²) in [6, 6.07) is 7.35. The molecule has 1 aliphatic heterocycles. The van der Waals surface area contributed by atoms with E-state index < -0.39 is 0 Å². The second-order valence-electron chi connectivity index (χ2n) is 7.55. The van der Waals surface area contributed by atoms with Gasteiger partial charge in [0.05, 0.1) is 24.8 Å². The molecular formula is C22H26N2O4S. The molecule has 29 heavy (non-hydrogen) atoms. The summed E-state index contributed by atoms with van der Waals surface area (Å²) < 4.78 is 10.6. The van der Waals surface area contributed by atoms with Gasteiger partial charge in [-0.3, -0.25) is 9.59 Å². The van der Waals surface area contributed by atoms with E-state index in [1.165, 1.54) is 4.88 Å². The standard InChI is InChI=1S/C22H26N2O4S/c1-27-16-6-7-18(28-2)17(13-16)23-21(25)14-5-8-19-15(11-14)12-20(29-19)22(26)24-9-3-4-10-24/h6-7,12-14H,3-5,8-11H2,1-2H3,(H,23,25)/t14-/m1/s1. The predicted octanol–water partition coefficient (Wildman–Crippen LogP) is 3.74. The highest BCUT2D eigenvalue weighted by molar-refractivity contribution is 7.14. The molecule has 1 aromatic heterocycles. The monoisotopic (exact) mass is 414 g/mol. The smallest absolute Gasteiger partial charge is 0.263 e. The molecule has 2 aromatic rings. The fraction of sp³-hybridized carbons (Fsp3) is 0.455. The first kappa shape index (κ1) is 19.8. The summed E-state index contributed by atoms with van der Waals surface area (Å²) in [6.45, 7) is 1.71. The number of nitrogens with one attached hydrogen (secondary N) is 1. The van der Waals surface area contributed by atoms with Crippen LogP contribution in [0.2, 0.25) is 0 Å². The van der Waals surface area contributed by atoms with Crippen LogP contribution in [0.15, 0.2) is 24.3 Å². The highest BCUT2D eigenvalue weighted by Crippen LogP contribution is 2.35. The number of methoxy groups -OCH3 is 2. The van der Waals surface area contributed by atoms with Crippen LogP contribution in [0.1, 0.15) is 39.4 Å². The van der Waals surface area contributed by atoms with Crippen molar-refractivity contribution >= 4 is 28.8 Å². The first-order chi connectivity index (χ1) is 14.1. The highest BCUT2D eigenvalue weighted by atomic mass is 32.1. The van der Waals surface area contributed by atoms with Gasteiger partial charge in [0.2, 0.25) is 5.91 Å². The molecule has 1 fully saturated rings. The van der Waals surface area contributed by atoms with E-state index in [1.54, 1.807) is 43.8 Å². The molecule has 2 aliphatic rings. The third-order valence-corrected chi connectivity index (χ3v) is 6.95. The van der Waals surface area contributed by atoms with Gasteiger partial charge in [0.15, 0.2) is 0 Å². The summed E-state index contributed by atoms with van der Waals surface area (Å²) in [5, 5.41) is 3.00. The van der Waals surface area contributed by atoms with Gasteiger partial charge < -0.3 is 19.7 Å². The highest BCUT2D eigenvalue weighted by Gasteiger charge is 2.29. The van der Waals surface area contributed by atoms with Crippen molar-refractivity contribution < 1.29 is 19.1 Å². The largest absolute Gasteiger partial charge is 0.497 e. The summed E-state index contributed by atoms with van der Waals surface area (Å²) in [5.74, 6) is 1.26. The van der Waals surface area contributed by atoms with Gasteiger partial charge in [0, 0.05) is 30.0 Å². The molecule has 0 unspecified atom stereocenters. The summed E-state index contributed by atoms with van der Waals surface area (Å²) in [4.78, 5) is 29.6. The topological polar surface area (TPSA) is 67.9 Å². The molecule has 2 heterocycles. The summed E-state index contributed by atoms with van der Waals surface area (Å²) >= 11 is 1.60. The minimum Gasteiger partial charge on any atom is -0.497 e. The Morgan fingerprint density at radius 2 is 1.93 bits per heavy atom. The lowest BCUT2D eigenvalue weighted by Crippen LogP contribution is -2.27. The SMILES string of the molecule is COc1ccc(OC)c(NC(=O)[C@@H]2CCc3sc(C(=O)N4CCCC4)cc3C2)c1. The molecule has 2 amide bonds. The van der Waals surface area contributed by atoms with Gasteiger partial charge in [-0.05, 0) is 55.9 Å². The van der Waals surface area contributed by atoms with Crippen molar-refractivity contribution in [2.45, 2.75) is 32.1 Å². The van der Waals surface area contributed by atoms with Crippen molar-refractivity contribution in [1.29, 1.82) is 0 Å². The molecule has 154 valence electrons. The maximum atomic E-state index is 12.9. The minimum absolute atomic E-state index is 0.0270. The quantitative estimate of drug-likeness (QED) is 0.809. The van der Waals surface area contributed by atoms with E-state index in [0.717, 1.165) is 49.2 Å². The number of hydrogen-bond donors (Lipinski definition) is 1. The molecule has 0 spiro atoms. The zero-order valence-electron chi connectivity index (χ0n) is 16.8. The molecule has 0 saturated carbocycles. The molecule has 6 nitrogen and oxygen atoms in total. The normalized spacial score (nSPS) is 18.3. The number of aryl methyl sites for hydroxylation is 1. The van der Waals surface area contributed by atoms with E-state index in [0.29, 0.717) is 23.6 Å². The molecular weight excluding hydrogens is 388 g/mol. The Kier molecular flexibility index (Phi) is 5.76. The Bertz CT molecular complexity index is 918. The summed E-state index contributed by atoms with van der Waals surface area (Å²) in [6.07, 6.45) is 4.46. The zero-order chi connectivity index (χ0) is 20.4. The Labute approximate surface area is 174 Å². The number of ether oxygens (including phenoxy) is 2. The second-order valence-corrected chi connectivity index (χ2v) is 8.69. The van der Waals surface area contributed by atoms with Gasteiger partial charge in [-0.15, -0.1) is 11.3 Å². The predicted molar refractivity (Wildman–Crippen MR) is 113 cm³/mol. The molecule has 1 saturated heterocycles. The number of anilines is 1. The summed E-state index contributed by atoms with van der Waals surface area (Å²) in [5.41, 5.74) is 1.75. The number of carbonyl (C=O) groups is 2. The number of benzene rings is 1. The van der Waals surface area contributed by atoms with Crippen LogP contribution in [0.3, 0.4) is 0 Å². The summed E-state index contributed by atoms with van der Waals surface area (Å²) in [7, 11) is 3.17. The van der Waals surface area contributed by atoms with Crippen LogP contribution in [0.5, 0.6) is 11.5 Å². The fourth-order valence-electron chi connectivity index (χ4n) is 4.08. The van der Waals surface area contributed by atoms with Crippen molar-refractivity contribution in [1.82, 2.24) is 4.90 Å². The zero-order valence-corrected chi connectivity index (χ0v) is 17.6. The number of hydrogen-bond acceptors (Lipinski definition) is 5. The number of amides is 2. The van der Waals surface area contributed by atoms with E-state index >= 15 is 0 Å². The Morgan fingerprint density at radius 1 is 1.14 bits per heavy atom. The number of likely N-dealkylation sites (tertiary alicyclic amines) is 1. The number of carbonyl (C=O) groups excluding carboxylic acids is 2. The van der Waals surface area contributed by atoms with Crippen molar-refractivity contribution in [2.75, 3.05) is 32.6 Å². The van der Waals surface area contributed by atoms with Crippen LogP contribution < -0.4 is 14.8 Å². The van der Waals surface area contributed by atoms with E-state index in [-0.39, 0.29) is 17.7 Å². The van der Waals surface area contributed by atoms with E-state index in [9.17, 15) is 9.59 Å². The molecule has 1 N–H and O–H groups in total. The van der Waals surface area contributed by atoms with Crippen LogP contribution in [0.25, 0.3) is 0 Å². The Morgan fingerprint density at radius 3 is 2.66 bits per heavy atom. The number of rotatable bonds is 5. The van der Waals surface area contributed by atoms with Gasteiger partial charge >= 0.3 is 0 Å². The Hall–Kier alpha value is -2.54. The molecule has 4 rings (SSSR count). The lowest BCUT2D eigenvalue weighted by atomic mass is 9.87. The lowest BCUT2D eigenvalue weighted by Gasteiger charge is -2.22. The van der Waals surface area contributed by atoms with Gasteiger partial charge in [0.1, 0.15) is 11.5 Å². The Balaban J connectivity index is 1.46. The molecule has 1 aromatic carbocycles. The number of fused-ring (bicyclic) bond motifs is 1. The van der Waals surface area contributed by atoms with Crippen molar-refractivity contribution in [3.63, 3.8) is 0 Å². The first-order valence-electron chi connectivity index (χ1n) is 10.0. The van der Waals surface area contributed by atoms with Gasteiger partial charge in [0.25, 0.3) is 5.91 Å². The van der Waals surface area contributed by atoms with Crippen LogP contribution in [-0.4, -0.2) is 44.0 Å². The second kappa shape index (κ2) is 8.45. The maximum absolute atomic E-state index is 12.9. The lowest BCUT2D eigenvalue weighted by molar-refractivity contribution is -0.120. The van der Waals surface area contributed by atoms with Crippen LogP contribution in [0.4, 0.5) is 5.69 Å². The third kappa shape index (κ3) is 4.10. The third-order valence-electron chi connectivity index (χ3n) is 5.72. The molecule has 7 heteroatoms. The van der Waals surface area contributed by atoms with E-state index in [4.69, 9.17) is 9.47 Å². The van der Waals surface area contributed by atoms with E-state index in [1.807, 2.05) is 11.0 Å². The molecule has 0 radical (unpaired) electrons. The number of thiophene rings is 1. The van der Waals surface area contributed by atoms with Gasteiger partial charge in [-0.1, -0.05) is 0 Å². The van der Waals surface area contributed by atoms with Crippen LogP contribution in [-0.2, 0) is 17.6 Å². The fourth-order valence-corrected chi connectivity index (χ4v) is 5.25. The van der Waals surface area contributed by atoms with Crippen LogP contribution in [0, 0.1) is 5.92 Å². The average molecular weight is 415 g/mol. The van der Waals surface area contributed by atoms with Gasteiger partial charge in [-0.2, -0.15) is 0 Å². The molecule has 1 aliphatic carbocycles. The van der Waals surface area contributed by atoms with Crippen molar-refractivity contribution in [3.05, 3.63) is 39.6 Å². The van der Waals surface area contributed by atoms with Crippen molar-refractivity contribution in [3.8, 4) is 11.5 Å². The van der Waals surface area contributed by atoms with Gasteiger partial charge in [-0.25, -0.2) is 0 Å². The van der Waals surface area contributed by atoms with Crippen LogP contribution >= 0.6 is 11.3 Å². The molecule has 1 atom stereocenters. The number of nitrogens with zero attached hydrogens (tertiary/aromatic N) is 1. The molecule has 0 bridgehead atoms. The van der Waals surface area contributed by atoms with E-state index in [2.05, 4.69) is 5.32 Å². The maximum Gasteiger partial charge on any atom is 0.263 e. The minimum atomic E-state index is -0.122. The first-order valence-corrected chi connectivity index (χ1v) is 10.8. The average Bonchev–Trinajstić information content (AvgIpc) is 3.42. The van der Waals surface area contributed by atoms with Crippen molar-refractivity contribution in [2.24, 2.45) is 5.92 Å².